The topological polar surface area (TPSA) is 63.8 Å². The van der Waals surface area contributed by atoms with Gasteiger partial charge in [-0.1, -0.05) is 12.1 Å². The van der Waals surface area contributed by atoms with Gasteiger partial charge in [0, 0.05) is 53.5 Å². The van der Waals surface area contributed by atoms with Crippen molar-refractivity contribution in [2.45, 2.75) is 0 Å². The number of aromatic nitrogens is 4. The minimum atomic E-state index is 0. The smallest absolute Gasteiger partial charge is 0.138 e. The molecule has 36 heavy (non-hydrogen) atoms. The number of hydrogen-bond donors (Lipinski definition) is 2. The van der Waals surface area contributed by atoms with Gasteiger partial charge >= 0.3 is 0 Å². The maximum absolute atomic E-state index is 4.81. The first-order valence-corrected chi connectivity index (χ1v) is 12.0. The molecule has 0 radical (unpaired) electrons. The first-order valence-electron chi connectivity index (χ1n) is 12.0. The predicted octanol–water partition coefficient (Wildman–Crippen LogP) is 7.06. The van der Waals surface area contributed by atoms with Crippen LogP contribution in [0, 0.1) is 0 Å². The summed E-state index contributed by atoms with van der Waals surface area (Å²) >= 11 is 0. The second-order valence-electron chi connectivity index (χ2n) is 9.52. The van der Waals surface area contributed by atoms with E-state index in [0.717, 1.165) is 56.0 Å². The summed E-state index contributed by atoms with van der Waals surface area (Å²) in [5, 5.41) is 0. The van der Waals surface area contributed by atoms with Crippen molar-refractivity contribution in [1.29, 1.82) is 0 Å². The average molecular weight is 477 g/mol. The van der Waals surface area contributed by atoms with Crippen molar-refractivity contribution >= 4 is 33.4 Å². The van der Waals surface area contributed by atoms with Crippen LogP contribution >= 0.6 is 0 Å². The number of aromatic amines is 2. The van der Waals surface area contributed by atoms with E-state index in [1.807, 2.05) is 28.2 Å². The van der Waals surface area contributed by atoms with Crippen LogP contribution < -0.4 is 9.80 Å². The van der Waals surface area contributed by atoms with Crippen molar-refractivity contribution in [2.75, 3.05) is 38.0 Å². The number of rotatable bonds is 5. The van der Waals surface area contributed by atoms with Crippen molar-refractivity contribution < 1.29 is 2.85 Å². The summed E-state index contributed by atoms with van der Waals surface area (Å²) in [4.78, 5) is 20.8. The number of fused-ring (bicyclic) bond motifs is 2. The van der Waals surface area contributed by atoms with Crippen LogP contribution in [0.2, 0.25) is 0 Å². The van der Waals surface area contributed by atoms with Crippen LogP contribution in [-0.2, 0) is 0 Å². The quantitative estimate of drug-likeness (QED) is 0.279. The molecule has 2 heterocycles. The van der Waals surface area contributed by atoms with Gasteiger partial charge in [0.05, 0.1) is 22.1 Å². The third-order valence-electron chi connectivity index (χ3n) is 6.61. The van der Waals surface area contributed by atoms with Gasteiger partial charge in [0.15, 0.2) is 0 Å². The molecule has 0 saturated carbocycles. The number of anilines is 2. The van der Waals surface area contributed by atoms with Crippen molar-refractivity contribution in [3.05, 3.63) is 84.9 Å². The second-order valence-corrected chi connectivity index (χ2v) is 9.52. The van der Waals surface area contributed by atoms with E-state index in [9.17, 15) is 0 Å². The number of nitrogens with one attached hydrogen (secondary N) is 2. The standard InChI is InChI=1S/C30H28N6.2H2/c1-35(2)23-11-5-19(6-12-23)29-31-25-15-9-21(17-27(25)33-29)22-10-16-26-28(18-22)34-30(32-26)20-7-13-24(14-8-20)36(3)4;;/h5-18H,1-4H3,(H,31,33)(H,32,34);2*1H. The van der Waals surface area contributed by atoms with E-state index in [0.29, 0.717) is 0 Å². The summed E-state index contributed by atoms with van der Waals surface area (Å²) in [5.74, 6) is 1.75. The molecule has 2 N–H and O–H groups in total. The third-order valence-corrected chi connectivity index (χ3v) is 6.61. The zero-order valence-electron chi connectivity index (χ0n) is 20.9. The molecule has 0 saturated heterocycles. The van der Waals surface area contributed by atoms with E-state index < -0.39 is 0 Å². The van der Waals surface area contributed by atoms with Gasteiger partial charge in [-0.05, 0) is 83.9 Å². The number of H-pyrrole nitrogens is 2. The molecule has 0 atom stereocenters. The van der Waals surface area contributed by atoms with Gasteiger partial charge in [0.1, 0.15) is 11.6 Å². The molecule has 6 aromatic rings. The van der Waals surface area contributed by atoms with Crippen LogP contribution in [0.3, 0.4) is 0 Å². The highest BCUT2D eigenvalue weighted by atomic mass is 15.1. The Hall–Kier alpha value is -4.58. The van der Waals surface area contributed by atoms with Crippen LogP contribution in [0.15, 0.2) is 84.9 Å². The molecule has 0 bridgehead atoms. The van der Waals surface area contributed by atoms with Crippen LogP contribution in [-0.4, -0.2) is 48.1 Å². The normalized spacial score (nSPS) is 11.3. The maximum atomic E-state index is 4.81. The van der Waals surface area contributed by atoms with Gasteiger partial charge < -0.3 is 19.8 Å². The van der Waals surface area contributed by atoms with Crippen LogP contribution in [0.4, 0.5) is 11.4 Å². The summed E-state index contributed by atoms with van der Waals surface area (Å²) in [7, 11) is 8.17. The second kappa shape index (κ2) is 8.57. The SMILES string of the molecule is CN(C)c1ccc(-c2nc3ccc(-c4ccc5nc(-c6ccc(N(C)C)cc6)[nH]c5c4)cc3[nH]2)cc1.[HH].[HH]. The zero-order valence-corrected chi connectivity index (χ0v) is 20.9. The fourth-order valence-corrected chi connectivity index (χ4v) is 4.49. The number of hydrogen-bond acceptors (Lipinski definition) is 4. The minimum absolute atomic E-state index is 0. The lowest BCUT2D eigenvalue weighted by Crippen LogP contribution is -2.07. The number of nitrogens with zero attached hydrogens (tertiary/aromatic N) is 4. The summed E-state index contributed by atoms with van der Waals surface area (Å²) in [5.41, 5.74) is 10.7. The van der Waals surface area contributed by atoms with Crippen LogP contribution in [0.1, 0.15) is 2.85 Å². The van der Waals surface area contributed by atoms with Crippen LogP contribution in [0.25, 0.3) is 56.0 Å². The fourth-order valence-electron chi connectivity index (χ4n) is 4.49. The molecule has 6 nitrogen and oxygen atoms in total. The van der Waals surface area contributed by atoms with E-state index >= 15 is 0 Å². The molecule has 0 aliphatic rings. The summed E-state index contributed by atoms with van der Waals surface area (Å²) in [6.45, 7) is 0. The molecule has 2 aromatic heterocycles. The molecule has 6 rings (SSSR count). The molecular weight excluding hydrogens is 444 g/mol. The Kier molecular flexibility index (Phi) is 5.22. The molecule has 182 valence electrons. The molecule has 0 aliphatic heterocycles. The molecule has 0 fully saturated rings. The van der Waals surface area contributed by atoms with Gasteiger partial charge in [-0.15, -0.1) is 0 Å². The fraction of sp³-hybridized carbons (Fsp3) is 0.133. The summed E-state index contributed by atoms with van der Waals surface area (Å²) in [6, 6.07) is 29.6. The first kappa shape index (κ1) is 21.9. The highest BCUT2D eigenvalue weighted by Crippen LogP contribution is 2.30. The molecular formula is C30H32N6. The van der Waals surface area contributed by atoms with Gasteiger partial charge in [0.25, 0.3) is 0 Å². The predicted molar refractivity (Wildman–Crippen MR) is 155 cm³/mol. The zero-order chi connectivity index (χ0) is 24.8. The average Bonchev–Trinajstić information content (AvgIpc) is 3.52. The Morgan fingerprint density at radius 3 is 1.22 bits per heavy atom. The van der Waals surface area contributed by atoms with Gasteiger partial charge in [-0.2, -0.15) is 0 Å². The van der Waals surface area contributed by atoms with Crippen molar-refractivity contribution in [1.82, 2.24) is 19.9 Å². The third kappa shape index (κ3) is 3.96. The van der Waals surface area contributed by atoms with Crippen molar-refractivity contribution in [3.8, 4) is 33.9 Å². The summed E-state index contributed by atoms with van der Waals surface area (Å²) in [6.07, 6.45) is 0. The maximum Gasteiger partial charge on any atom is 0.138 e. The Labute approximate surface area is 213 Å². The lowest BCUT2D eigenvalue weighted by atomic mass is 10.0. The lowest BCUT2D eigenvalue weighted by Gasteiger charge is -2.12. The Balaban J connectivity index is 0.00000168. The lowest BCUT2D eigenvalue weighted by molar-refractivity contribution is 1.13. The summed E-state index contributed by atoms with van der Waals surface area (Å²) < 4.78 is 0. The van der Waals surface area contributed by atoms with E-state index in [1.165, 1.54) is 11.4 Å². The Morgan fingerprint density at radius 2 is 0.861 bits per heavy atom. The van der Waals surface area contributed by atoms with Gasteiger partial charge in [-0.25, -0.2) is 9.97 Å². The van der Waals surface area contributed by atoms with Crippen molar-refractivity contribution in [3.63, 3.8) is 0 Å². The highest BCUT2D eigenvalue weighted by Gasteiger charge is 2.10. The molecule has 0 unspecified atom stereocenters. The Morgan fingerprint density at radius 1 is 0.500 bits per heavy atom. The largest absolute Gasteiger partial charge is 0.378 e. The molecule has 0 amide bonds. The Bertz CT molecular complexity index is 1560. The monoisotopic (exact) mass is 476 g/mol. The van der Waals surface area contributed by atoms with E-state index in [2.05, 4.69) is 105 Å². The molecule has 0 aliphatic carbocycles. The van der Waals surface area contributed by atoms with E-state index in [-0.39, 0.29) is 2.85 Å². The van der Waals surface area contributed by atoms with Gasteiger partial charge in [-0.3, -0.25) is 0 Å². The molecule has 6 heteroatoms. The molecule has 4 aromatic carbocycles. The van der Waals surface area contributed by atoms with Crippen LogP contribution in [0.5, 0.6) is 0 Å². The number of imidazole rings is 2. The first-order chi connectivity index (χ1) is 17.4. The van der Waals surface area contributed by atoms with Gasteiger partial charge in [0.2, 0.25) is 0 Å². The highest BCUT2D eigenvalue weighted by molar-refractivity contribution is 5.88. The van der Waals surface area contributed by atoms with E-state index in [4.69, 9.17) is 9.97 Å². The van der Waals surface area contributed by atoms with Crippen molar-refractivity contribution in [2.24, 2.45) is 0 Å². The number of benzene rings is 4. The molecule has 0 spiro atoms. The minimum Gasteiger partial charge on any atom is -0.378 e. The van der Waals surface area contributed by atoms with E-state index in [1.54, 1.807) is 0 Å².